The van der Waals surface area contributed by atoms with Crippen molar-refractivity contribution in [1.29, 1.82) is 0 Å². The molecule has 6 heteroatoms. The number of carbonyl (C=O) groups is 1. The van der Waals surface area contributed by atoms with E-state index in [0.717, 1.165) is 17.6 Å². The largest absolute Gasteiger partial charge is 0.444 e. The quantitative estimate of drug-likeness (QED) is 0.793. The maximum absolute atomic E-state index is 11.9. The third kappa shape index (κ3) is 6.36. The van der Waals surface area contributed by atoms with Gasteiger partial charge in [0.15, 0.2) is 0 Å². The fourth-order valence-corrected chi connectivity index (χ4v) is 3.51. The van der Waals surface area contributed by atoms with E-state index in [1.165, 1.54) is 17.7 Å². The molecule has 2 N–H and O–H groups in total. The zero-order chi connectivity index (χ0) is 15.5. The molecule has 1 aromatic heterocycles. The molecule has 1 fully saturated rings. The molecular weight excluding hydrogens is 352 g/mol. The van der Waals surface area contributed by atoms with Gasteiger partial charge in [-0.25, -0.2) is 4.79 Å². The summed E-state index contributed by atoms with van der Waals surface area (Å²) in [6.45, 7) is 7.25. The predicted octanol–water partition coefficient (Wildman–Crippen LogP) is 3.90. The third-order valence-corrected chi connectivity index (χ3v) is 4.88. The van der Waals surface area contributed by atoms with Crippen LogP contribution in [0.5, 0.6) is 0 Å². The van der Waals surface area contributed by atoms with E-state index >= 15 is 0 Å². The summed E-state index contributed by atoms with van der Waals surface area (Å²) in [5.41, 5.74) is -0.450. The van der Waals surface area contributed by atoms with Gasteiger partial charge in [-0.05, 0) is 61.5 Å². The van der Waals surface area contributed by atoms with Crippen molar-refractivity contribution in [3.63, 3.8) is 0 Å². The summed E-state index contributed by atoms with van der Waals surface area (Å²) in [7, 11) is 0. The first kappa shape index (κ1) is 16.8. The Bertz CT molecular complexity index is 480. The van der Waals surface area contributed by atoms with Gasteiger partial charge in [-0.2, -0.15) is 0 Å². The zero-order valence-electron chi connectivity index (χ0n) is 12.7. The molecule has 1 aliphatic carbocycles. The molecule has 1 saturated carbocycles. The van der Waals surface area contributed by atoms with Crippen LogP contribution < -0.4 is 10.6 Å². The van der Waals surface area contributed by atoms with Crippen LogP contribution in [0, 0.1) is 5.92 Å². The SMILES string of the molecule is CC(C)(C)OC(=O)NC(CNCc1cc(Br)cs1)C1CC1. The molecule has 1 aliphatic rings. The van der Waals surface area contributed by atoms with Crippen LogP contribution >= 0.6 is 27.3 Å². The summed E-state index contributed by atoms with van der Waals surface area (Å²) in [6, 6.07) is 2.27. The lowest BCUT2D eigenvalue weighted by Gasteiger charge is -2.23. The minimum atomic E-state index is -0.450. The lowest BCUT2D eigenvalue weighted by Crippen LogP contribution is -2.45. The lowest BCUT2D eigenvalue weighted by atomic mass is 10.2. The Morgan fingerprint density at radius 2 is 2.24 bits per heavy atom. The highest BCUT2D eigenvalue weighted by Gasteiger charge is 2.33. The van der Waals surface area contributed by atoms with E-state index in [1.807, 2.05) is 20.8 Å². The van der Waals surface area contributed by atoms with Crippen LogP contribution in [0.2, 0.25) is 0 Å². The molecule has 0 aliphatic heterocycles. The Labute approximate surface area is 138 Å². The normalized spacial score (nSPS) is 16.6. The molecule has 1 unspecified atom stereocenters. The van der Waals surface area contributed by atoms with Gasteiger partial charge in [0.05, 0.1) is 0 Å². The van der Waals surface area contributed by atoms with E-state index in [-0.39, 0.29) is 12.1 Å². The number of rotatable bonds is 6. The van der Waals surface area contributed by atoms with Gasteiger partial charge in [0.1, 0.15) is 5.60 Å². The lowest BCUT2D eigenvalue weighted by molar-refractivity contribution is 0.0497. The van der Waals surface area contributed by atoms with Crippen LogP contribution in [0.15, 0.2) is 15.9 Å². The molecule has 1 heterocycles. The van der Waals surface area contributed by atoms with Crippen LogP contribution in [0.3, 0.4) is 0 Å². The van der Waals surface area contributed by atoms with E-state index in [4.69, 9.17) is 4.74 Å². The summed E-state index contributed by atoms with van der Waals surface area (Å²) >= 11 is 5.18. The number of hydrogen-bond acceptors (Lipinski definition) is 4. The average molecular weight is 375 g/mol. The number of halogens is 1. The molecule has 21 heavy (non-hydrogen) atoms. The number of alkyl carbamates (subject to hydrolysis) is 1. The Balaban J connectivity index is 1.76. The van der Waals surface area contributed by atoms with Gasteiger partial charge in [-0.1, -0.05) is 0 Å². The van der Waals surface area contributed by atoms with Gasteiger partial charge in [0.2, 0.25) is 0 Å². The fraction of sp³-hybridized carbons (Fsp3) is 0.667. The summed E-state index contributed by atoms with van der Waals surface area (Å²) in [5, 5.41) is 8.50. The first-order valence-corrected chi connectivity index (χ1v) is 8.94. The monoisotopic (exact) mass is 374 g/mol. The highest BCUT2D eigenvalue weighted by atomic mass is 79.9. The molecule has 1 aromatic rings. The summed E-state index contributed by atoms with van der Waals surface area (Å²) in [5.74, 6) is 0.583. The highest BCUT2D eigenvalue weighted by Crippen LogP contribution is 2.32. The second kappa shape index (κ2) is 7.11. The standard InChI is InChI=1S/C15H23BrN2O2S/c1-15(2,3)20-14(19)18-13(10-4-5-10)8-17-7-12-6-11(16)9-21-12/h6,9-10,13,17H,4-5,7-8H2,1-3H3,(H,18,19). The smallest absolute Gasteiger partial charge is 0.407 e. The number of hydrogen-bond donors (Lipinski definition) is 2. The molecule has 2 rings (SSSR count). The minimum absolute atomic E-state index is 0.156. The van der Waals surface area contributed by atoms with Crippen LogP contribution in [0.25, 0.3) is 0 Å². The molecule has 0 spiro atoms. The molecular formula is C15H23BrN2O2S. The maximum Gasteiger partial charge on any atom is 0.407 e. The molecule has 0 aromatic carbocycles. The Morgan fingerprint density at radius 1 is 1.52 bits per heavy atom. The second-order valence-electron chi connectivity index (χ2n) is 6.45. The summed E-state index contributed by atoms with van der Waals surface area (Å²) in [4.78, 5) is 13.2. The van der Waals surface area contributed by atoms with Gasteiger partial charge in [0, 0.05) is 33.9 Å². The van der Waals surface area contributed by atoms with Crippen LogP contribution in [-0.4, -0.2) is 24.3 Å². The van der Waals surface area contributed by atoms with Crippen molar-refractivity contribution in [3.05, 3.63) is 20.8 Å². The van der Waals surface area contributed by atoms with Gasteiger partial charge in [-0.15, -0.1) is 11.3 Å². The van der Waals surface area contributed by atoms with Crippen molar-refractivity contribution in [2.75, 3.05) is 6.54 Å². The summed E-state index contributed by atoms with van der Waals surface area (Å²) in [6.07, 6.45) is 2.06. The molecule has 0 saturated heterocycles. The molecule has 0 bridgehead atoms. The topological polar surface area (TPSA) is 50.4 Å². The van der Waals surface area contributed by atoms with E-state index in [2.05, 4.69) is 38.0 Å². The van der Waals surface area contributed by atoms with Crippen LogP contribution in [0.1, 0.15) is 38.5 Å². The van der Waals surface area contributed by atoms with Crippen molar-refractivity contribution in [3.8, 4) is 0 Å². The van der Waals surface area contributed by atoms with E-state index < -0.39 is 5.60 Å². The molecule has 118 valence electrons. The van der Waals surface area contributed by atoms with E-state index in [0.29, 0.717) is 5.92 Å². The molecule has 4 nitrogen and oxygen atoms in total. The van der Waals surface area contributed by atoms with Gasteiger partial charge in [-0.3, -0.25) is 0 Å². The molecule has 1 atom stereocenters. The Kier molecular flexibility index (Phi) is 5.68. The first-order valence-electron chi connectivity index (χ1n) is 7.26. The minimum Gasteiger partial charge on any atom is -0.444 e. The Hall–Kier alpha value is -0.590. The first-order chi connectivity index (χ1) is 9.83. The second-order valence-corrected chi connectivity index (χ2v) is 8.36. The number of nitrogens with one attached hydrogen (secondary N) is 2. The summed E-state index contributed by atoms with van der Waals surface area (Å²) < 4.78 is 6.45. The number of carbonyl (C=O) groups excluding carboxylic acids is 1. The third-order valence-electron chi connectivity index (χ3n) is 3.18. The molecule has 1 amide bonds. The zero-order valence-corrected chi connectivity index (χ0v) is 15.1. The number of thiophene rings is 1. The maximum atomic E-state index is 11.9. The number of ether oxygens (including phenoxy) is 1. The van der Waals surface area contributed by atoms with E-state index in [9.17, 15) is 4.79 Å². The predicted molar refractivity (Wildman–Crippen MR) is 89.6 cm³/mol. The Morgan fingerprint density at radius 3 is 2.76 bits per heavy atom. The van der Waals surface area contributed by atoms with Crippen molar-refractivity contribution >= 4 is 33.4 Å². The van der Waals surface area contributed by atoms with Crippen molar-refractivity contribution in [2.45, 2.75) is 51.8 Å². The van der Waals surface area contributed by atoms with Gasteiger partial charge < -0.3 is 15.4 Å². The molecule has 0 radical (unpaired) electrons. The van der Waals surface area contributed by atoms with E-state index in [1.54, 1.807) is 11.3 Å². The highest BCUT2D eigenvalue weighted by molar-refractivity contribution is 9.10. The van der Waals surface area contributed by atoms with Gasteiger partial charge >= 0.3 is 6.09 Å². The van der Waals surface area contributed by atoms with Crippen molar-refractivity contribution < 1.29 is 9.53 Å². The van der Waals surface area contributed by atoms with Crippen LogP contribution in [0.4, 0.5) is 4.79 Å². The van der Waals surface area contributed by atoms with Crippen LogP contribution in [-0.2, 0) is 11.3 Å². The number of amides is 1. The van der Waals surface area contributed by atoms with Crippen molar-refractivity contribution in [2.24, 2.45) is 5.92 Å². The van der Waals surface area contributed by atoms with Gasteiger partial charge in [0.25, 0.3) is 0 Å². The fourth-order valence-electron chi connectivity index (χ4n) is 2.09. The average Bonchev–Trinajstić information content (AvgIpc) is 3.10. The van der Waals surface area contributed by atoms with Crippen molar-refractivity contribution in [1.82, 2.24) is 10.6 Å².